The number of hydrogen-bond donors (Lipinski definition) is 3. The maximum absolute atomic E-state index is 13.4. The van der Waals surface area contributed by atoms with Crippen LogP contribution in [0.15, 0.2) is 42.0 Å². The highest BCUT2D eigenvalue weighted by Gasteiger charge is 2.29. The molecule has 1 aliphatic heterocycles. The van der Waals surface area contributed by atoms with Crippen LogP contribution in [0.2, 0.25) is 0 Å². The lowest BCUT2D eigenvalue weighted by molar-refractivity contribution is 0.0765. The van der Waals surface area contributed by atoms with Crippen LogP contribution < -0.4 is 10.6 Å². The summed E-state index contributed by atoms with van der Waals surface area (Å²) < 4.78 is 1.45. The Balaban J connectivity index is 1.43. The molecule has 0 atom stereocenters. The molecular formula is C22H23N9O3. The minimum absolute atomic E-state index is 0.000990. The quantitative estimate of drug-likeness (QED) is 0.503. The minimum Gasteiger partial charge on any atom is -0.495 e. The lowest BCUT2D eigenvalue weighted by Crippen LogP contribution is -2.41. The zero-order chi connectivity index (χ0) is 23.7. The Hall–Kier alpha value is -4.35. The minimum atomic E-state index is -0.480. The molecule has 2 aliphatic rings. The van der Waals surface area contributed by atoms with Crippen LogP contribution in [0.1, 0.15) is 45.4 Å². The van der Waals surface area contributed by atoms with Gasteiger partial charge in [0.15, 0.2) is 11.4 Å². The van der Waals surface area contributed by atoms with Gasteiger partial charge in [0, 0.05) is 31.4 Å². The van der Waals surface area contributed by atoms with Gasteiger partial charge in [-0.1, -0.05) is 0 Å². The van der Waals surface area contributed by atoms with Gasteiger partial charge in [0.2, 0.25) is 5.90 Å². The van der Waals surface area contributed by atoms with Crippen LogP contribution in [0, 0.1) is 0 Å². The van der Waals surface area contributed by atoms with E-state index in [0.29, 0.717) is 30.4 Å². The number of aryl methyl sites for hydroxylation is 1. The summed E-state index contributed by atoms with van der Waals surface area (Å²) in [5.74, 6) is -0.642. The first-order valence-electron chi connectivity index (χ1n) is 10.9. The van der Waals surface area contributed by atoms with Crippen molar-refractivity contribution < 1.29 is 14.7 Å². The number of carbonyl (C=O) groups excluding carboxylic acids is 2. The van der Waals surface area contributed by atoms with E-state index in [1.54, 1.807) is 25.6 Å². The molecule has 12 nitrogen and oxygen atoms in total. The number of hydrogen-bond acceptors (Lipinski definition) is 8. The zero-order valence-corrected chi connectivity index (χ0v) is 18.5. The van der Waals surface area contributed by atoms with E-state index in [2.05, 4.69) is 35.7 Å². The molecule has 0 unspecified atom stereocenters. The van der Waals surface area contributed by atoms with Crippen molar-refractivity contribution in [1.29, 1.82) is 0 Å². The third kappa shape index (κ3) is 4.56. The molecule has 5 rings (SSSR count). The molecule has 0 aromatic carbocycles. The van der Waals surface area contributed by atoms with Gasteiger partial charge in [-0.3, -0.25) is 19.3 Å². The summed E-state index contributed by atoms with van der Waals surface area (Å²) in [6.07, 6.45) is 8.26. The average molecular weight is 461 g/mol. The van der Waals surface area contributed by atoms with Crippen molar-refractivity contribution in [2.45, 2.75) is 18.8 Å². The van der Waals surface area contributed by atoms with E-state index in [1.165, 1.54) is 15.9 Å². The molecule has 2 amide bonds. The lowest BCUT2D eigenvalue weighted by atomic mass is 10.2. The monoisotopic (exact) mass is 461 g/mol. The first kappa shape index (κ1) is 21.5. The fraction of sp³-hybridized carbons (Fsp3) is 0.318. The maximum atomic E-state index is 13.4. The highest BCUT2D eigenvalue weighted by molar-refractivity contribution is 6.10. The highest BCUT2D eigenvalue weighted by atomic mass is 16.3. The van der Waals surface area contributed by atoms with Gasteiger partial charge in [0.1, 0.15) is 6.33 Å². The number of aromatic nitrogens is 5. The van der Waals surface area contributed by atoms with Crippen molar-refractivity contribution in [3.8, 4) is 0 Å². The normalized spacial score (nSPS) is 15.6. The van der Waals surface area contributed by atoms with Crippen molar-refractivity contribution in [1.82, 2.24) is 29.6 Å². The van der Waals surface area contributed by atoms with E-state index >= 15 is 0 Å². The summed E-state index contributed by atoms with van der Waals surface area (Å²) >= 11 is 0. The summed E-state index contributed by atoms with van der Waals surface area (Å²) in [6, 6.07) is 3.72. The second-order valence-corrected chi connectivity index (χ2v) is 8.20. The van der Waals surface area contributed by atoms with Gasteiger partial charge >= 0.3 is 0 Å². The summed E-state index contributed by atoms with van der Waals surface area (Å²) in [6.45, 7) is 0.661. The van der Waals surface area contributed by atoms with E-state index < -0.39 is 11.8 Å². The molecule has 34 heavy (non-hydrogen) atoms. The molecule has 3 aromatic rings. The van der Waals surface area contributed by atoms with Crippen LogP contribution in [-0.4, -0.2) is 72.1 Å². The molecule has 4 heterocycles. The number of rotatable bonds is 6. The van der Waals surface area contributed by atoms with Crippen LogP contribution in [0.25, 0.3) is 0 Å². The van der Waals surface area contributed by atoms with Crippen molar-refractivity contribution >= 4 is 34.8 Å². The molecule has 0 spiro atoms. The van der Waals surface area contributed by atoms with Crippen LogP contribution >= 0.6 is 0 Å². The van der Waals surface area contributed by atoms with Crippen molar-refractivity contribution in [2.24, 2.45) is 12.0 Å². The Morgan fingerprint density at radius 3 is 2.65 bits per heavy atom. The van der Waals surface area contributed by atoms with Gasteiger partial charge in [-0.2, -0.15) is 5.10 Å². The Kier molecular flexibility index (Phi) is 5.62. The summed E-state index contributed by atoms with van der Waals surface area (Å²) in [4.78, 5) is 44.4. The van der Waals surface area contributed by atoms with E-state index in [4.69, 9.17) is 0 Å². The molecule has 3 N–H and O–H groups in total. The number of anilines is 3. The Bertz CT molecular complexity index is 1270. The number of aliphatic hydroxyl groups is 1. The standard InChI is InChI=1S/C22H23N9O3/c1-30-10-17(20(29-30)22(34)31-7-6-25-18(32)11-31)28-21(33)19-16(26-14-8-23-12-24-9-14)5-4-15(27-19)13-2-3-13/h4-5,8-10,12-13,26H,2-3,6-7,11H2,1H3,(H,25,32)(H,28,33). The maximum Gasteiger partial charge on any atom is 0.277 e. The average Bonchev–Trinajstić information content (AvgIpc) is 3.62. The Morgan fingerprint density at radius 2 is 1.91 bits per heavy atom. The first-order valence-corrected chi connectivity index (χ1v) is 10.9. The summed E-state index contributed by atoms with van der Waals surface area (Å²) in [5, 5.41) is 19.9. The lowest BCUT2D eigenvalue weighted by Gasteiger charge is -2.23. The molecular weight excluding hydrogens is 438 g/mol. The number of aliphatic imine (C=N–C) groups is 1. The Labute approximate surface area is 194 Å². The van der Waals surface area contributed by atoms with Crippen molar-refractivity contribution in [3.63, 3.8) is 0 Å². The molecule has 1 fully saturated rings. The van der Waals surface area contributed by atoms with Gasteiger partial charge in [-0.25, -0.2) is 15.0 Å². The molecule has 174 valence electrons. The summed E-state index contributed by atoms with van der Waals surface area (Å²) in [5.41, 5.74) is 2.48. The van der Waals surface area contributed by atoms with Gasteiger partial charge in [0.25, 0.3) is 11.8 Å². The van der Waals surface area contributed by atoms with Crippen LogP contribution in [-0.2, 0) is 7.05 Å². The second kappa shape index (κ2) is 8.89. The van der Waals surface area contributed by atoms with Crippen LogP contribution in [0.5, 0.6) is 0 Å². The second-order valence-electron chi connectivity index (χ2n) is 8.20. The van der Waals surface area contributed by atoms with Gasteiger partial charge in [-0.15, -0.1) is 0 Å². The molecule has 1 saturated carbocycles. The molecule has 0 radical (unpaired) electrons. The van der Waals surface area contributed by atoms with Gasteiger partial charge in [-0.05, 0) is 25.0 Å². The number of pyridine rings is 1. The zero-order valence-electron chi connectivity index (χ0n) is 18.5. The van der Waals surface area contributed by atoms with Crippen LogP contribution in [0.3, 0.4) is 0 Å². The van der Waals surface area contributed by atoms with Gasteiger partial charge in [0.05, 0.1) is 42.5 Å². The van der Waals surface area contributed by atoms with E-state index in [0.717, 1.165) is 18.5 Å². The molecule has 1 aliphatic carbocycles. The number of nitrogens with zero attached hydrogens (tertiary/aromatic N) is 7. The highest BCUT2D eigenvalue weighted by Crippen LogP contribution is 2.39. The van der Waals surface area contributed by atoms with E-state index in [-0.39, 0.29) is 29.5 Å². The van der Waals surface area contributed by atoms with E-state index in [9.17, 15) is 14.7 Å². The topological polar surface area (TPSA) is 151 Å². The number of amides is 2. The largest absolute Gasteiger partial charge is 0.495 e. The number of nitrogens with one attached hydrogen (secondary N) is 2. The fourth-order valence-corrected chi connectivity index (χ4v) is 3.72. The van der Waals surface area contributed by atoms with Crippen LogP contribution in [0.4, 0.5) is 17.1 Å². The smallest absolute Gasteiger partial charge is 0.277 e. The molecule has 0 bridgehead atoms. The fourth-order valence-electron chi connectivity index (χ4n) is 3.72. The molecule has 3 aromatic heterocycles. The van der Waals surface area contributed by atoms with Gasteiger partial charge < -0.3 is 20.6 Å². The third-order valence-corrected chi connectivity index (χ3v) is 5.53. The molecule has 12 heteroatoms. The predicted molar refractivity (Wildman–Crippen MR) is 124 cm³/mol. The third-order valence-electron chi connectivity index (χ3n) is 5.53. The van der Waals surface area contributed by atoms with E-state index in [1.807, 2.05) is 12.1 Å². The van der Waals surface area contributed by atoms with Crippen molar-refractivity contribution in [3.05, 3.63) is 54.1 Å². The molecule has 0 saturated heterocycles. The number of carbonyl (C=O) groups is 2. The van der Waals surface area contributed by atoms with Crippen molar-refractivity contribution in [2.75, 3.05) is 30.3 Å². The SMILES string of the molecule is Cn1cc(NC(=O)c2nc(C3CC3)ccc2Nc2cncnc2)c(C(=O)N2CCN=C(O)C2)n1. The Morgan fingerprint density at radius 1 is 1.12 bits per heavy atom. The summed E-state index contributed by atoms with van der Waals surface area (Å²) in [7, 11) is 1.66. The number of aliphatic hydroxyl groups excluding tert-OH is 1. The first-order chi connectivity index (χ1) is 16.5. The predicted octanol–water partition coefficient (Wildman–Crippen LogP) is 1.89.